The van der Waals surface area contributed by atoms with Gasteiger partial charge in [-0.2, -0.15) is 0 Å². The summed E-state index contributed by atoms with van der Waals surface area (Å²) in [5.74, 6) is 0. The molecule has 0 unspecified atom stereocenters. The van der Waals surface area contributed by atoms with Crippen molar-refractivity contribution in [3.8, 4) is 5.69 Å². The lowest BCUT2D eigenvalue weighted by Crippen LogP contribution is -2.23. The van der Waals surface area contributed by atoms with Gasteiger partial charge in [0, 0.05) is 5.56 Å². The topological polar surface area (TPSA) is 34.9 Å². The van der Waals surface area contributed by atoms with Gasteiger partial charge in [0.2, 0.25) is 0 Å². The number of hydrogen-bond donors (Lipinski definition) is 0. The maximum Gasteiger partial charge on any atom is 0.262 e. The summed E-state index contributed by atoms with van der Waals surface area (Å²) >= 11 is 13.5. The number of hydrogen-bond acceptors (Lipinski definition) is 3. The number of rotatable bonds is 2. The number of thioether (sulfide) groups is 1. The quantitative estimate of drug-likeness (QED) is 0.630. The molecule has 1 aromatic carbocycles. The molecule has 0 amide bonds. The first-order valence-electron chi connectivity index (χ1n) is 5.06. The van der Waals surface area contributed by atoms with Crippen molar-refractivity contribution in [2.75, 3.05) is 6.26 Å². The molecule has 0 fully saturated rings. The molecule has 0 aliphatic heterocycles. The molecule has 0 atom stereocenters. The second-order valence-corrected chi connectivity index (χ2v) is 5.11. The minimum absolute atomic E-state index is 0.196. The molecule has 0 N–H and O–H groups in total. The Labute approximate surface area is 119 Å². The van der Waals surface area contributed by atoms with Gasteiger partial charge in [0.25, 0.3) is 5.56 Å². The molecule has 3 nitrogen and oxygen atoms in total. The average Bonchev–Trinajstić information content (AvgIpc) is 2.36. The monoisotopic (exact) mass is 299 g/mol. The van der Waals surface area contributed by atoms with Crippen LogP contribution in [0.2, 0.25) is 10.0 Å². The van der Waals surface area contributed by atoms with E-state index in [0.717, 1.165) is 0 Å². The molecule has 1 heterocycles. The van der Waals surface area contributed by atoms with Crippen LogP contribution in [0.5, 0.6) is 0 Å². The van der Waals surface area contributed by atoms with Crippen LogP contribution in [-0.2, 0) is 0 Å². The Morgan fingerprint density at radius 3 is 2.78 bits per heavy atom. The molecule has 0 bridgehead atoms. The molecule has 2 aromatic rings. The van der Waals surface area contributed by atoms with Crippen molar-refractivity contribution in [2.24, 2.45) is 0 Å². The lowest BCUT2D eigenvalue weighted by atomic mass is 10.3. The second kappa shape index (κ2) is 5.34. The van der Waals surface area contributed by atoms with E-state index in [4.69, 9.17) is 23.2 Å². The van der Waals surface area contributed by atoms with E-state index < -0.39 is 0 Å². The van der Waals surface area contributed by atoms with Crippen LogP contribution < -0.4 is 5.56 Å². The Morgan fingerprint density at radius 2 is 2.11 bits per heavy atom. The zero-order chi connectivity index (χ0) is 13.3. The number of aryl methyl sites for hydroxylation is 1. The van der Waals surface area contributed by atoms with Crippen molar-refractivity contribution in [2.45, 2.75) is 12.1 Å². The first kappa shape index (κ1) is 13.5. The zero-order valence-corrected chi connectivity index (χ0v) is 12.0. The molecule has 0 aliphatic carbocycles. The van der Waals surface area contributed by atoms with Crippen molar-refractivity contribution in [1.82, 2.24) is 9.55 Å². The highest BCUT2D eigenvalue weighted by atomic mass is 35.5. The SMILES string of the molecule is CSc1n[c]c(C)c(=O)n1-c1cccc(Cl)c1Cl. The Balaban J connectivity index is 2.82. The molecule has 0 saturated carbocycles. The highest BCUT2D eigenvalue weighted by Crippen LogP contribution is 2.29. The molecular formula is C12H9Cl2N2OS. The van der Waals surface area contributed by atoms with Gasteiger partial charge in [-0.25, -0.2) is 4.98 Å². The van der Waals surface area contributed by atoms with Crippen molar-refractivity contribution < 1.29 is 0 Å². The zero-order valence-electron chi connectivity index (χ0n) is 9.70. The molecule has 1 radical (unpaired) electrons. The Hall–Kier alpha value is -0.970. The second-order valence-electron chi connectivity index (χ2n) is 3.55. The van der Waals surface area contributed by atoms with Gasteiger partial charge in [-0.05, 0) is 25.3 Å². The van der Waals surface area contributed by atoms with E-state index in [1.165, 1.54) is 16.3 Å². The van der Waals surface area contributed by atoms with Gasteiger partial charge in [-0.15, -0.1) is 0 Å². The molecule has 93 valence electrons. The van der Waals surface area contributed by atoms with Crippen LogP contribution in [0.1, 0.15) is 5.56 Å². The lowest BCUT2D eigenvalue weighted by Gasteiger charge is -2.12. The third-order valence-electron chi connectivity index (χ3n) is 2.39. The van der Waals surface area contributed by atoms with Crippen LogP contribution in [0.15, 0.2) is 28.2 Å². The molecule has 0 aliphatic rings. The van der Waals surface area contributed by atoms with Gasteiger partial charge in [0.1, 0.15) is 6.20 Å². The highest BCUT2D eigenvalue weighted by molar-refractivity contribution is 7.98. The van der Waals surface area contributed by atoms with Gasteiger partial charge >= 0.3 is 0 Å². The smallest absolute Gasteiger partial charge is 0.262 e. The van der Waals surface area contributed by atoms with E-state index in [-0.39, 0.29) is 5.56 Å². The fraction of sp³-hybridized carbons (Fsp3) is 0.167. The maximum atomic E-state index is 12.2. The molecule has 2 rings (SSSR count). The van der Waals surface area contributed by atoms with Gasteiger partial charge in [0.15, 0.2) is 5.16 Å². The van der Waals surface area contributed by atoms with Gasteiger partial charge in [-0.3, -0.25) is 9.36 Å². The minimum Gasteiger partial charge on any atom is -0.269 e. The minimum atomic E-state index is -0.196. The largest absolute Gasteiger partial charge is 0.269 e. The van der Waals surface area contributed by atoms with E-state index in [1.807, 2.05) is 6.26 Å². The van der Waals surface area contributed by atoms with Gasteiger partial charge < -0.3 is 0 Å². The molecular weight excluding hydrogens is 291 g/mol. The van der Waals surface area contributed by atoms with E-state index in [9.17, 15) is 4.79 Å². The highest BCUT2D eigenvalue weighted by Gasteiger charge is 2.14. The van der Waals surface area contributed by atoms with E-state index in [2.05, 4.69) is 11.2 Å². The number of halogens is 2. The first-order chi connectivity index (χ1) is 8.56. The molecule has 18 heavy (non-hydrogen) atoms. The summed E-state index contributed by atoms with van der Waals surface area (Å²) in [6.45, 7) is 1.66. The van der Waals surface area contributed by atoms with Crippen LogP contribution >= 0.6 is 35.0 Å². The Kier molecular flexibility index (Phi) is 4.00. The van der Waals surface area contributed by atoms with Crippen LogP contribution in [0.25, 0.3) is 5.69 Å². The number of benzene rings is 1. The molecule has 1 aromatic heterocycles. The summed E-state index contributed by atoms with van der Waals surface area (Å²) in [5.41, 5.74) is 0.769. The number of nitrogens with zero attached hydrogens (tertiary/aromatic N) is 2. The maximum absolute atomic E-state index is 12.2. The third-order valence-corrected chi connectivity index (χ3v) is 3.84. The molecule has 6 heteroatoms. The van der Waals surface area contributed by atoms with Gasteiger partial charge in [-0.1, -0.05) is 41.0 Å². The predicted molar refractivity (Wildman–Crippen MR) is 75.2 cm³/mol. The summed E-state index contributed by atoms with van der Waals surface area (Å²) in [5, 5.41) is 1.26. The van der Waals surface area contributed by atoms with Crippen LogP contribution in [-0.4, -0.2) is 15.8 Å². The Bertz CT molecular complexity index is 655. The molecule has 0 spiro atoms. The Morgan fingerprint density at radius 1 is 1.39 bits per heavy atom. The van der Waals surface area contributed by atoms with E-state index in [0.29, 0.717) is 26.5 Å². The third kappa shape index (κ3) is 2.28. The molecule has 0 saturated heterocycles. The van der Waals surface area contributed by atoms with E-state index in [1.54, 1.807) is 25.1 Å². The van der Waals surface area contributed by atoms with Crippen molar-refractivity contribution in [1.29, 1.82) is 0 Å². The summed E-state index contributed by atoms with van der Waals surface area (Å²) in [6, 6.07) is 5.15. The fourth-order valence-corrected chi connectivity index (χ4v) is 2.38. The predicted octanol–water partition coefficient (Wildman–Crippen LogP) is 3.37. The fourth-order valence-electron chi connectivity index (χ4n) is 1.50. The summed E-state index contributed by atoms with van der Waals surface area (Å²) < 4.78 is 1.45. The van der Waals surface area contributed by atoms with E-state index >= 15 is 0 Å². The summed E-state index contributed by atoms with van der Waals surface area (Å²) in [4.78, 5) is 16.3. The first-order valence-corrected chi connectivity index (χ1v) is 7.04. The van der Waals surface area contributed by atoms with Gasteiger partial charge in [0.05, 0.1) is 15.7 Å². The van der Waals surface area contributed by atoms with Crippen LogP contribution in [0.4, 0.5) is 0 Å². The van der Waals surface area contributed by atoms with Crippen molar-refractivity contribution >= 4 is 35.0 Å². The normalized spacial score (nSPS) is 10.7. The van der Waals surface area contributed by atoms with Crippen molar-refractivity contribution in [3.05, 3.63) is 50.4 Å². The number of aromatic nitrogens is 2. The lowest BCUT2D eigenvalue weighted by molar-refractivity contribution is 0.782. The van der Waals surface area contributed by atoms with Crippen LogP contribution in [0, 0.1) is 13.1 Å². The average molecular weight is 300 g/mol. The van der Waals surface area contributed by atoms with Crippen LogP contribution in [0.3, 0.4) is 0 Å². The summed E-state index contributed by atoms with van der Waals surface area (Å²) in [6.07, 6.45) is 4.52. The summed E-state index contributed by atoms with van der Waals surface area (Å²) in [7, 11) is 0. The van der Waals surface area contributed by atoms with Crippen molar-refractivity contribution in [3.63, 3.8) is 0 Å². The standard InChI is InChI=1S/C12H9Cl2N2OS/c1-7-6-15-12(18-2)16(11(7)17)9-5-3-4-8(13)10(9)14/h3-5H,1-2H3.